The summed E-state index contributed by atoms with van der Waals surface area (Å²) in [6.45, 7) is 3.06. The summed E-state index contributed by atoms with van der Waals surface area (Å²) in [6, 6.07) is 11.0. The molecule has 1 aromatic carbocycles. The van der Waals surface area contributed by atoms with Gasteiger partial charge >= 0.3 is 0 Å². The van der Waals surface area contributed by atoms with Crippen LogP contribution in [0.1, 0.15) is 21.8 Å². The van der Waals surface area contributed by atoms with Crippen LogP contribution >= 0.6 is 11.3 Å². The summed E-state index contributed by atoms with van der Waals surface area (Å²) in [6.07, 6.45) is 2.55. The quantitative estimate of drug-likeness (QED) is 0.759. The van der Waals surface area contributed by atoms with Crippen molar-refractivity contribution in [2.45, 2.75) is 13.3 Å². The van der Waals surface area contributed by atoms with E-state index in [9.17, 15) is 4.79 Å². The number of rotatable bonds is 3. The van der Waals surface area contributed by atoms with Gasteiger partial charge in [-0.25, -0.2) is 4.98 Å². The molecule has 0 fully saturated rings. The van der Waals surface area contributed by atoms with Crippen molar-refractivity contribution in [1.29, 1.82) is 0 Å². The number of nitrogens with zero attached hydrogens (tertiary/aromatic N) is 2. The minimum atomic E-state index is -0.198. The van der Waals surface area contributed by atoms with Crippen LogP contribution in [0, 0.1) is 6.92 Å². The monoisotopic (exact) mass is 367 g/mol. The maximum Gasteiger partial charge on any atom is 0.267 e. The predicted molar refractivity (Wildman–Crippen MR) is 100 cm³/mol. The van der Waals surface area contributed by atoms with Crippen molar-refractivity contribution in [3.63, 3.8) is 0 Å². The number of nitrogens with one attached hydrogen (secondary N) is 1. The van der Waals surface area contributed by atoms with Crippen LogP contribution in [0.15, 0.2) is 42.6 Å². The summed E-state index contributed by atoms with van der Waals surface area (Å²) in [5, 5.41) is 3.64. The van der Waals surface area contributed by atoms with E-state index in [1.165, 1.54) is 11.3 Å². The zero-order valence-corrected chi connectivity index (χ0v) is 15.0. The average Bonchev–Trinajstić information content (AvgIpc) is 2.90. The van der Waals surface area contributed by atoms with Crippen molar-refractivity contribution in [2.24, 2.45) is 0 Å². The van der Waals surface area contributed by atoms with Crippen molar-refractivity contribution < 1.29 is 14.3 Å². The van der Waals surface area contributed by atoms with Crippen LogP contribution in [-0.2, 0) is 0 Å². The number of carbonyl (C=O) groups is 1. The number of carbonyl (C=O) groups excluding carboxylic acids is 1. The lowest BCUT2D eigenvalue weighted by Crippen LogP contribution is -2.11. The highest BCUT2D eigenvalue weighted by molar-refractivity contribution is 7.17. The summed E-state index contributed by atoms with van der Waals surface area (Å²) in [5.41, 5.74) is 2.10. The number of hydrogen-bond donors (Lipinski definition) is 1. The fourth-order valence-corrected chi connectivity index (χ4v) is 3.57. The number of hydrogen-bond acceptors (Lipinski definition) is 6. The number of ether oxygens (including phenoxy) is 2. The SMILES string of the molecule is Cc1nc(-c2ccccn2)sc1C(=O)Nc1ccc2c(c1)OCCCO2. The van der Waals surface area contributed by atoms with Gasteiger partial charge in [-0.15, -0.1) is 11.3 Å². The van der Waals surface area contributed by atoms with Gasteiger partial charge in [0.1, 0.15) is 9.88 Å². The van der Waals surface area contributed by atoms with E-state index in [2.05, 4.69) is 15.3 Å². The molecule has 132 valence electrons. The molecular formula is C19H17N3O3S. The first kappa shape index (κ1) is 16.5. The molecule has 0 unspecified atom stereocenters. The zero-order chi connectivity index (χ0) is 17.9. The molecule has 2 aromatic heterocycles. The van der Waals surface area contributed by atoms with Gasteiger partial charge in [-0.05, 0) is 31.2 Å². The van der Waals surface area contributed by atoms with Crippen LogP contribution in [0.4, 0.5) is 5.69 Å². The Kier molecular flexibility index (Phi) is 4.53. The Morgan fingerprint density at radius 1 is 1.15 bits per heavy atom. The number of fused-ring (bicyclic) bond motifs is 1. The molecule has 3 heterocycles. The maximum atomic E-state index is 12.7. The van der Waals surface area contributed by atoms with Crippen molar-refractivity contribution in [3.05, 3.63) is 53.2 Å². The topological polar surface area (TPSA) is 73.3 Å². The second kappa shape index (κ2) is 7.13. The lowest BCUT2D eigenvalue weighted by Gasteiger charge is -2.10. The third-order valence-electron chi connectivity index (χ3n) is 3.89. The Morgan fingerprint density at radius 2 is 2.00 bits per heavy atom. The lowest BCUT2D eigenvalue weighted by molar-refractivity contribution is 0.103. The van der Waals surface area contributed by atoms with E-state index in [0.717, 1.165) is 17.1 Å². The van der Waals surface area contributed by atoms with Crippen LogP contribution in [0.5, 0.6) is 11.5 Å². The Morgan fingerprint density at radius 3 is 2.81 bits per heavy atom. The van der Waals surface area contributed by atoms with Gasteiger partial charge in [0.25, 0.3) is 5.91 Å². The van der Waals surface area contributed by atoms with Gasteiger partial charge < -0.3 is 14.8 Å². The van der Waals surface area contributed by atoms with Gasteiger partial charge in [0, 0.05) is 24.4 Å². The molecule has 0 spiro atoms. The van der Waals surface area contributed by atoms with E-state index in [4.69, 9.17) is 9.47 Å². The van der Waals surface area contributed by atoms with Crippen LogP contribution < -0.4 is 14.8 Å². The first-order valence-corrected chi connectivity index (χ1v) is 9.12. The molecule has 6 nitrogen and oxygen atoms in total. The van der Waals surface area contributed by atoms with Crippen LogP contribution in [0.3, 0.4) is 0 Å². The Hall–Kier alpha value is -2.93. The molecule has 7 heteroatoms. The first-order valence-electron chi connectivity index (χ1n) is 8.30. The van der Waals surface area contributed by atoms with Crippen LogP contribution in [0.25, 0.3) is 10.7 Å². The summed E-state index contributed by atoms with van der Waals surface area (Å²) in [4.78, 5) is 22.0. The van der Waals surface area contributed by atoms with Gasteiger partial charge in [0.05, 0.1) is 24.6 Å². The molecule has 0 bridgehead atoms. The summed E-state index contributed by atoms with van der Waals surface area (Å²) in [5.74, 6) is 1.15. The minimum Gasteiger partial charge on any atom is -0.490 e. The number of pyridine rings is 1. The molecule has 26 heavy (non-hydrogen) atoms. The van der Waals surface area contributed by atoms with Crippen molar-refractivity contribution in [3.8, 4) is 22.2 Å². The van der Waals surface area contributed by atoms with Crippen LogP contribution in [0.2, 0.25) is 0 Å². The van der Waals surface area contributed by atoms with Gasteiger partial charge in [-0.3, -0.25) is 9.78 Å². The fraction of sp³-hybridized carbons (Fsp3) is 0.211. The number of benzene rings is 1. The molecule has 1 amide bonds. The second-order valence-corrected chi connectivity index (χ2v) is 6.81. The van der Waals surface area contributed by atoms with Gasteiger partial charge in [-0.2, -0.15) is 0 Å². The molecule has 1 N–H and O–H groups in total. The smallest absolute Gasteiger partial charge is 0.267 e. The highest BCUT2D eigenvalue weighted by Crippen LogP contribution is 2.33. The first-order chi connectivity index (χ1) is 12.7. The third-order valence-corrected chi connectivity index (χ3v) is 5.07. The van der Waals surface area contributed by atoms with Crippen molar-refractivity contribution in [2.75, 3.05) is 18.5 Å². The van der Waals surface area contributed by atoms with E-state index >= 15 is 0 Å². The lowest BCUT2D eigenvalue weighted by atomic mass is 10.2. The fourth-order valence-electron chi connectivity index (χ4n) is 2.63. The van der Waals surface area contributed by atoms with E-state index in [1.807, 2.05) is 31.2 Å². The molecule has 0 aliphatic carbocycles. The molecular weight excluding hydrogens is 350 g/mol. The molecule has 1 aliphatic heterocycles. The summed E-state index contributed by atoms with van der Waals surface area (Å²) in [7, 11) is 0. The molecule has 3 aromatic rings. The van der Waals surface area contributed by atoms with Gasteiger partial charge in [-0.1, -0.05) is 6.07 Å². The van der Waals surface area contributed by atoms with Gasteiger partial charge in [0.2, 0.25) is 0 Å². The zero-order valence-electron chi connectivity index (χ0n) is 14.2. The Bertz CT molecular complexity index is 940. The highest BCUT2D eigenvalue weighted by atomic mass is 32.1. The van der Waals surface area contributed by atoms with E-state index in [0.29, 0.717) is 41.0 Å². The van der Waals surface area contributed by atoms with E-state index in [-0.39, 0.29) is 5.91 Å². The number of aryl methyl sites for hydroxylation is 1. The Labute approximate surface area is 154 Å². The number of amides is 1. The summed E-state index contributed by atoms with van der Waals surface area (Å²) < 4.78 is 11.3. The third kappa shape index (κ3) is 3.39. The van der Waals surface area contributed by atoms with Gasteiger partial charge in [0.15, 0.2) is 11.5 Å². The van der Waals surface area contributed by atoms with E-state index < -0.39 is 0 Å². The molecule has 1 aliphatic rings. The number of anilines is 1. The number of aromatic nitrogens is 2. The average molecular weight is 367 g/mol. The van der Waals surface area contributed by atoms with Crippen molar-refractivity contribution in [1.82, 2.24) is 9.97 Å². The highest BCUT2D eigenvalue weighted by Gasteiger charge is 2.18. The number of thiazole rings is 1. The normalized spacial score (nSPS) is 13.1. The summed E-state index contributed by atoms with van der Waals surface area (Å²) >= 11 is 1.33. The Balaban J connectivity index is 1.55. The maximum absolute atomic E-state index is 12.7. The molecule has 0 saturated heterocycles. The molecule has 0 radical (unpaired) electrons. The van der Waals surface area contributed by atoms with E-state index in [1.54, 1.807) is 18.3 Å². The minimum absolute atomic E-state index is 0.198. The molecule has 4 rings (SSSR count). The largest absolute Gasteiger partial charge is 0.490 e. The molecule has 0 saturated carbocycles. The second-order valence-electron chi connectivity index (χ2n) is 5.81. The van der Waals surface area contributed by atoms with Crippen LogP contribution in [-0.4, -0.2) is 29.1 Å². The standard InChI is InChI=1S/C19H17N3O3S/c1-12-17(26-19(21-12)14-5-2-3-8-20-14)18(23)22-13-6-7-15-16(11-13)25-10-4-9-24-15/h2-3,5-8,11H,4,9-10H2,1H3,(H,22,23). The predicted octanol–water partition coefficient (Wildman–Crippen LogP) is 3.93. The molecule has 0 atom stereocenters. The van der Waals surface area contributed by atoms with Crippen molar-refractivity contribution >= 4 is 22.9 Å².